The van der Waals surface area contributed by atoms with Gasteiger partial charge in [-0.1, -0.05) is 23.7 Å². The van der Waals surface area contributed by atoms with Crippen LogP contribution in [0.2, 0.25) is 5.02 Å². The highest BCUT2D eigenvalue weighted by molar-refractivity contribution is 6.32. The molecule has 2 aromatic rings. The minimum absolute atomic E-state index is 0.103. The first kappa shape index (κ1) is 13.9. The first-order valence-electron chi connectivity index (χ1n) is 5.77. The maximum absolute atomic E-state index is 10.8. The molecule has 0 fully saturated rings. The second kappa shape index (κ2) is 6.09. The molecule has 0 atom stereocenters. The highest BCUT2D eigenvalue weighted by Crippen LogP contribution is 2.30. The summed E-state index contributed by atoms with van der Waals surface area (Å²) in [5, 5.41) is 17.7. The van der Waals surface area contributed by atoms with Gasteiger partial charge in [-0.25, -0.2) is 4.79 Å². The van der Waals surface area contributed by atoms with Crippen molar-refractivity contribution in [2.24, 2.45) is 0 Å². The predicted octanol–water partition coefficient (Wildman–Crippen LogP) is 3.90. The summed E-state index contributed by atoms with van der Waals surface area (Å²) in [5.74, 6) is -0.0966. The van der Waals surface area contributed by atoms with Crippen molar-refractivity contribution in [3.63, 3.8) is 0 Å². The van der Waals surface area contributed by atoms with E-state index >= 15 is 0 Å². The number of halogens is 1. The van der Waals surface area contributed by atoms with E-state index in [1.54, 1.807) is 24.3 Å². The van der Waals surface area contributed by atoms with Gasteiger partial charge in [0.05, 0.1) is 23.1 Å². The maximum atomic E-state index is 10.8. The Hall–Kier alpha value is -2.51. The molecule has 0 aliphatic rings. The SMILES string of the molecule is N#CCc1ccc(Oc2ccc(C(=O)O)cc2Cl)cc1. The van der Waals surface area contributed by atoms with Crippen LogP contribution in [0.15, 0.2) is 42.5 Å². The molecule has 2 rings (SSSR count). The van der Waals surface area contributed by atoms with Gasteiger partial charge in [-0.05, 0) is 35.9 Å². The molecule has 2 aromatic carbocycles. The zero-order chi connectivity index (χ0) is 14.5. The summed E-state index contributed by atoms with van der Waals surface area (Å²) in [4.78, 5) is 10.8. The summed E-state index contributed by atoms with van der Waals surface area (Å²) < 4.78 is 5.57. The van der Waals surface area contributed by atoms with Gasteiger partial charge in [0, 0.05) is 0 Å². The molecule has 0 radical (unpaired) electrons. The predicted molar refractivity (Wildman–Crippen MR) is 74.2 cm³/mol. The first-order valence-corrected chi connectivity index (χ1v) is 6.14. The molecule has 0 aromatic heterocycles. The lowest BCUT2D eigenvalue weighted by Crippen LogP contribution is -1.96. The van der Waals surface area contributed by atoms with E-state index in [2.05, 4.69) is 6.07 Å². The lowest BCUT2D eigenvalue weighted by atomic mass is 10.1. The Labute approximate surface area is 120 Å². The molecular weight excluding hydrogens is 278 g/mol. The Kier molecular flexibility index (Phi) is 4.24. The molecule has 100 valence electrons. The first-order chi connectivity index (χ1) is 9.60. The standard InChI is InChI=1S/C15H10ClNO3/c16-13-9-11(15(18)19)3-6-14(13)20-12-4-1-10(2-5-12)7-8-17/h1-6,9H,7H2,(H,18,19). The number of nitrogens with zero attached hydrogens (tertiary/aromatic N) is 1. The molecular formula is C15H10ClNO3. The van der Waals surface area contributed by atoms with Crippen LogP contribution in [-0.4, -0.2) is 11.1 Å². The fourth-order valence-corrected chi connectivity index (χ4v) is 1.83. The minimum atomic E-state index is -1.04. The molecule has 20 heavy (non-hydrogen) atoms. The summed E-state index contributed by atoms with van der Waals surface area (Å²) in [5.41, 5.74) is 0.999. The summed E-state index contributed by atoms with van der Waals surface area (Å²) in [6.45, 7) is 0. The van der Waals surface area contributed by atoms with Crippen LogP contribution in [0.1, 0.15) is 15.9 Å². The van der Waals surface area contributed by atoms with Crippen molar-refractivity contribution in [3.05, 3.63) is 58.6 Å². The van der Waals surface area contributed by atoms with Crippen molar-refractivity contribution in [2.45, 2.75) is 6.42 Å². The number of benzene rings is 2. The fraction of sp³-hybridized carbons (Fsp3) is 0.0667. The minimum Gasteiger partial charge on any atom is -0.478 e. The van der Waals surface area contributed by atoms with Gasteiger partial charge in [-0.15, -0.1) is 0 Å². The Balaban J connectivity index is 2.17. The number of nitriles is 1. The molecule has 0 bridgehead atoms. The third-order valence-corrected chi connectivity index (χ3v) is 2.91. The Morgan fingerprint density at radius 1 is 1.25 bits per heavy atom. The van der Waals surface area contributed by atoms with Gasteiger partial charge in [0.15, 0.2) is 0 Å². The highest BCUT2D eigenvalue weighted by atomic mass is 35.5. The molecule has 0 saturated heterocycles. The van der Waals surface area contributed by atoms with E-state index in [1.165, 1.54) is 18.2 Å². The Bertz CT molecular complexity index is 675. The highest BCUT2D eigenvalue weighted by Gasteiger charge is 2.08. The lowest BCUT2D eigenvalue weighted by molar-refractivity contribution is 0.0697. The second-order valence-electron chi connectivity index (χ2n) is 4.03. The third-order valence-electron chi connectivity index (χ3n) is 2.61. The van der Waals surface area contributed by atoms with E-state index in [0.29, 0.717) is 17.9 Å². The van der Waals surface area contributed by atoms with Gasteiger partial charge < -0.3 is 9.84 Å². The average molecular weight is 288 g/mol. The van der Waals surface area contributed by atoms with Crippen molar-refractivity contribution < 1.29 is 14.6 Å². The van der Waals surface area contributed by atoms with Crippen LogP contribution in [0.4, 0.5) is 0 Å². The summed E-state index contributed by atoms with van der Waals surface area (Å²) in [6, 6.07) is 13.4. The molecule has 0 saturated carbocycles. The molecule has 0 spiro atoms. The van der Waals surface area contributed by atoms with Crippen LogP contribution in [0, 0.1) is 11.3 Å². The zero-order valence-corrected chi connectivity index (χ0v) is 11.1. The molecule has 0 amide bonds. The number of hydrogen-bond donors (Lipinski definition) is 1. The molecule has 0 aliphatic carbocycles. The number of ether oxygens (including phenoxy) is 1. The summed E-state index contributed by atoms with van der Waals surface area (Å²) in [6.07, 6.45) is 0.342. The van der Waals surface area contributed by atoms with Crippen LogP contribution in [0.25, 0.3) is 0 Å². The normalized spacial score (nSPS) is 9.80. The van der Waals surface area contributed by atoms with Gasteiger partial charge in [0.25, 0.3) is 0 Å². The number of aromatic carboxylic acids is 1. The molecule has 5 heteroatoms. The molecule has 0 unspecified atom stereocenters. The van der Waals surface area contributed by atoms with Crippen molar-refractivity contribution >= 4 is 17.6 Å². The summed E-state index contributed by atoms with van der Waals surface area (Å²) in [7, 11) is 0. The van der Waals surface area contributed by atoms with E-state index in [-0.39, 0.29) is 10.6 Å². The Morgan fingerprint density at radius 3 is 2.50 bits per heavy atom. The van der Waals surface area contributed by atoms with Crippen molar-refractivity contribution in [2.75, 3.05) is 0 Å². The van der Waals surface area contributed by atoms with E-state index in [0.717, 1.165) is 5.56 Å². The number of carboxylic acid groups (broad SMARTS) is 1. The monoisotopic (exact) mass is 287 g/mol. The van der Waals surface area contributed by atoms with Crippen LogP contribution in [0.3, 0.4) is 0 Å². The quantitative estimate of drug-likeness (QED) is 0.926. The summed E-state index contributed by atoms with van der Waals surface area (Å²) >= 11 is 5.97. The van der Waals surface area contributed by atoms with Crippen LogP contribution in [0.5, 0.6) is 11.5 Å². The largest absolute Gasteiger partial charge is 0.478 e. The smallest absolute Gasteiger partial charge is 0.335 e. The van der Waals surface area contributed by atoms with E-state index in [9.17, 15) is 4.79 Å². The van der Waals surface area contributed by atoms with Gasteiger partial charge in [0.2, 0.25) is 0 Å². The van der Waals surface area contributed by atoms with Crippen LogP contribution >= 0.6 is 11.6 Å². The molecule has 0 heterocycles. The van der Waals surface area contributed by atoms with Gasteiger partial charge in [0.1, 0.15) is 11.5 Å². The van der Waals surface area contributed by atoms with Crippen LogP contribution in [-0.2, 0) is 6.42 Å². The topological polar surface area (TPSA) is 70.3 Å². The maximum Gasteiger partial charge on any atom is 0.335 e. The van der Waals surface area contributed by atoms with Crippen molar-refractivity contribution in [1.82, 2.24) is 0 Å². The van der Waals surface area contributed by atoms with Gasteiger partial charge in [-0.2, -0.15) is 5.26 Å². The second-order valence-corrected chi connectivity index (χ2v) is 4.44. The van der Waals surface area contributed by atoms with E-state index < -0.39 is 5.97 Å². The average Bonchev–Trinajstić information content (AvgIpc) is 2.43. The third kappa shape index (κ3) is 3.28. The van der Waals surface area contributed by atoms with Crippen molar-refractivity contribution in [1.29, 1.82) is 5.26 Å². The number of carbonyl (C=O) groups is 1. The lowest BCUT2D eigenvalue weighted by Gasteiger charge is -2.08. The Morgan fingerprint density at radius 2 is 1.95 bits per heavy atom. The van der Waals surface area contributed by atoms with Crippen molar-refractivity contribution in [3.8, 4) is 17.6 Å². The zero-order valence-electron chi connectivity index (χ0n) is 10.3. The number of carboxylic acids is 1. The van der Waals surface area contributed by atoms with Gasteiger partial charge in [-0.3, -0.25) is 0 Å². The molecule has 0 aliphatic heterocycles. The van der Waals surface area contributed by atoms with Crippen LogP contribution < -0.4 is 4.74 Å². The number of hydrogen-bond acceptors (Lipinski definition) is 3. The fourth-order valence-electron chi connectivity index (χ4n) is 1.61. The van der Waals surface area contributed by atoms with E-state index in [4.69, 9.17) is 26.7 Å². The van der Waals surface area contributed by atoms with Gasteiger partial charge >= 0.3 is 5.97 Å². The number of rotatable bonds is 4. The molecule has 4 nitrogen and oxygen atoms in total. The molecule has 1 N–H and O–H groups in total. The van der Waals surface area contributed by atoms with E-state index in [1.807, 2.05) is 0 Å².